The maximum atomic E-state index is 3.87. The van der Waals surface area contributed by atoms with Crippen molar-refractivity contribution in [1.82, 2.24) is 5.32 Å². The van der Waals surface area contributed by atoms with Gasteiger partial charge in [0, 0.05) is 21.8 Å². The molecular formula is C16H27NS. The molecule has 102 valence electrons. The van der Waals surface area contributed by atoms with Crippen LogP contribution in [-0.4, -0.2) is 6.04 Å². The third-order valence-corrected chi connectivity index (χ3v) is 5.74. The van der Waals surface area contributed by atoms with Crippen LogP contribution in [0.15, 0.2) is 6.07 Å². The summed E-state index contributed by atoms with van der Waals surface area (Å²) in [4.78, 5) is 2.91. The minimum absolute atomic E-state index is 0.498. The molecular weight excluding hydrogens is 238 g/mol. The van der Waals surface area contributed by atoms with E-state index in [0.29, 0.717) is 12.1 Å². The molecule has 4 atom stereocenters. The van der Waals surface area contributed by atoms with Crippen LogP contribution >= 0.6 is 11.3 Å². The molecule has 4 unspecified atom stereocenters. The van der Waals surface area contributed by atoms with E-state index in [4.69, 9.17) is 0 Å². The molecule has 1 aliphatic rings. The predicted octanol–water partition coefficient (Wildman–Crippen LogP) is 4.84. The maximum absolute atomic E-state index is 3.87. The smallest absolute Gasteiger partial charge is 0.0305 e. The minimum atomic E-state index is 0.498. The highest BCUT2D eigenvalue weighted by atomic mass is 32.1. The van der Waals surface area contributed by atoms with Crippen molar-refractivity contribution in [2.24, 2.45) is 11.8 Å². The van der Waals surface area contributed by atoms with Crippen LogP contribution in [0.2, 0.25) is 0 Å². The van der Waals surface area contributed by atoms with Crippen molar-refractivity contribution < 1.29 is 0 Å². The Balaban J connectivity index is 2.00. The molecule has 1 fully saturated rings. The van der Waals surface area contributed by atoms with Crippen molar-refractivity contribution in [1.29, 1.82) is 0 Å². The van der Waals surface area contributed by atoms with Crippen LogP contribution in [-0.2, 0) is 0 Å². The van der Waals surface area contributed by atoms with Gasteiger partial charge in [-0.1, -0.05) is 20.3 Å². The van der Waals surface area contributed by atoms with Gasteiger partial charge in [-0.15, -0.1) is 11.3 Å². The SMILES string of the molecule is CCC1CCC(NC(C)c2cc(C)sc2C)C1C. The molecule has 0 amide bonds. The first-order chi connectivity index (χ1) is 8.52. The molecule has 0 spiro atoms. The van der Waals surface area contributed by atoms with Crippen LogP contribution in [0.1, 0.15) is 61.4 Å². The summed E-state index contributed by atoms with van der Waals surface area (Å²) < 4.78 is 0. The number of hydrogen-bond donors (Lipinski definition) is 1. The molecule has 1 saturated carbocycles. The zero-order chi connectivity index (χ0) is 13.3. The van der Waals surface area contributed by atoms with Crippen molar-refractivity contribution in [3.05, 3.63) is 21.4 Å². The highest BCUT2D eigenvalue weighted by Crippen LogP contribution is 2.36. The highest BCUT2D eigenvalue weighted by Gasteiger charge is 2.32. The summed E-state index contributed by atoms with van der Waals surface area (Å²) in [5.41, 5.74) is 1.50. The molecule has 0 radical (unpaired) electrons. The average Bonchev–Trinajstić information content (AvgIpc) is 2.83. The van der Waals surface area contributed by atoms with E-state index in [1.165, 1.54) is 34.6 Å². The van der Waals surface area contributed by atoms with Crippen LogP contribution in [0.25, 0.3) is 0 Å². The van der Waals surface area contributed by atoms with Crippen molar-refractivity contribution in [3.8, 4) is 0 Å². The van der Waals surface area contributed by atoms with E-state index in [-0.39, 0.29) is 0 Å². The summed E-state index contributed by atoms with van der Waals surface area (Å²) >= 11 is 1.92. The summed E-state index contributed by atoms with van der Waals surface area (Å²) in [6, 6.07) is 3.57. The Bertz CT molecular complexity index is 396. The van der Waals surface area contributed by atoms with Gasteiger partial charge >= 0.3 is 0 Å². The fraction of sp³-hybridized carbons (Fsp3) is 0.750. The van der Waals surface area contributed by atoms with E-state index in [1.807, 2.05) is 11.3 Å². The summed E-state index contributed by atoms with van der Waals surface area (Å²) in [5, 5.41) is 3.87. The van der Waals surface area contributed by atoms with Gasteiger partial charge in [-0.3, -0.25) is 0 Å². The van der Waals surface area contributed by atoms with Gasteiger partial charge in [0.25, 0.3) is 0 Å². The molecule has 1 heterocycles. The Morgan fingerprint density at radius 1 is 1.39 bits per heavy atom. The van der Waals surface area contributed by atoms with Crippen LogP contribution < -0.4 is 5.32 Å². The van der Waals surface area contributed by atoms with Gasteiger partial charge in [0.1, 0.15) is 0 Å². The topological polar surface area (TPSA) is 12.0 Å². The second-order valence-electron chi connectivity index (χ2n) is 5.97. The van der Waals surface area contributed by atoms with Crippen LogP contribution in [0.5, 0.6) is 0 Å². The zero-order valence-corrected chi connectivity index (χ0v) is 13.2. The summed E-state index contributed by atoms with van der Waals surface area (Å²) in [6.07, 6.45) is 4.10. The monoisotopic (exact) mass is 265 g/mol. The Labute approximate surface area is 116 Å². The van der Waals surface area contributed by atoms with Crippen molar-refractivity contribution in [3.63, 3.8) is 0 Å². The van der Waals surface area contributed by atoms with Gasteiger partial charge in [0.05, 0.1) is 0 Å². The molecule has 0 bridgehead atoms. The number of nitrogens with one attached hydrogen (secondary N) is 1. The zero-order valence-electron chi connectivity index (χ0n) is 12.4. The third kappa shape index (κ3) is 2.80. The van der Waals surface area contributed by atoms with Gasteiger partial charge in [-0.05, 0) is 57.1 Å². The minimum Gasteiger partial charge on any atom is -0.307 e. The Hall–Kier alpha value is -0.340. The van der Waals surface area contributed by atoms with Crippen molar-refractivity contribution >= 4 is 11.3 Å². The molecule has 2 rings (SSSR count). The number of rotatable bonds is 4. The van der Waals surface area contributed by atoms with Gasteiger partial charge in [-0.2, -0.15) is 0 Å². The van der Waals surface area contributed by atoms with E-state index < -0.39 is 0 Å². The molecule has 0 aliphatic heterocycles. The van der Waals surface area contributed by atoms with Gasteiger partial charge in [0.2, 0.25) is 0 Å². The van der Waals surface area contributed by atoms with E-state index in [2.05, 4.69) is 46.0 Å². The van der Waals surface area contributed by atoms with E-state index in [0.717, 1.165) is 11.8 Å². The second-order valence-corrected chi connectivity index (χ2v) is 7.43. The number of hydrogen-bond acceptors (Lipinski definition) is 2. The normalized spacial score (nSPS) is 29.7. The first kappa shape index (κ1) is 14.1. The van der Waals surface area contributed by atoms with E-state index in [1.54, 1.807) is 0 Å². The Morgan fingerprint density at radius 3 is 2.61 bits per heavy atom. The lowest BCUT2D eigenvalue weighted by Crippen LogP contribution is -2.34. The predicted molar refractivity (Wildman–Crippen MR) is 81.3 cm³/mol. The quantitative estimate of drug-likeness (QED) is 0.821. The third-order valence-electron chi connectivity index (χ3n) is 4.76. The molecule has 18 heavy (non-hydrogen) atoms. The Kier molecular flexibility index (Phi) is 4.50. The van der Waals surface area contributed by atoms with Crippen LogP contribution in [0, 0.1) is 25.7 Å². The second kappa shape index (κ2) is 5.75. The van der Waals surface area contributed by atoms with Crippen LogP contribution in [0.4, 0.5) is 0 Å². The molecule has 0 aromatic carbocycles. The van der Waals surface area contributed by atoms with Crippen LogP contribution in [0.3, 0.4) is 0 Å². The molecule has 1 aromatic rings. The van der Waals surface area contributed by atoms with Crippen molar-refractivity contribution in [2.75, 3.05) is 0 Å². The largest absolute Gasteiger partial charge is 0.307 e. The lowest BCUT2D eigenvalue weighted by atomic mass is 9.93. The first-order valence-corrected chi connectivity index (χ1v) is 8.17. The van der Waals surface area contributed by atoms with Gasteiger partial charge in [-0.25, -0.2) is 0 Å². The maximum Gasteiger partial charge on any atom is 0.0305 e. The first-order valence-electron chi connectivity index (χ1n) is 7.35. The van der Waals surface area contributed by atoms with E-state index in [9.17, 15) is 0 Å². The number of thiophene rings is 1. The summed E-state index contributed by atoms with van der Waals surface area (Å²) in [6.45, 7) is 11.5. The Morgan fingerprint density at radius 2 is 2.11 bits per heavy atom. The van der Waals surface area contributed by atoms with Gasteiger partial charge < -0.3 is 5.32 Å². The fourth-order valence-electron chi connectivity index (χ4n) is 3.55. The van der Waals surface area contributed by atoms with E-state index >= 15 is 0 Å². The summed E-state index contributed by atoms with van der Waals surface area (Å²) in [7, 11) is 0. The standard InChI is InChI=1S/C16H27NS/c1-6-14-7-8-16(11(14)3)17-12(4)15-9-10(2)18-13(15)5/h9,11-12,14,16-17H,6-8H2,1-5H3. The van der Waals surface area contributed by atoms with Gasteiger partial charge in [0.15, 0.2) is 0 Å². The molecule has 0 saturated heterocycles. The number of aryl methyl sites for hydroxylation is 2. The lowest BCUT2D eigenvalue weighted by molar-refractivity contribution is 0.327. The van der Waals surface area contributed by atoms with Crippen molar-refractivity contribution in [2.45, 2.75) is 66.0 Å². The molecule has 2 heteroatoms. The summed E-state index contributed by atoms with van der Waals surface area (Å²) in [5.74, 6) is 1.76. The molecule has 1 aliphatic carbocycles. The molecule has 1 nitrogen and oxygen atoms in total. The lowest BCUT2D eigenvalue weighted by Gasteiger charge is -2.25. The molecule has 1 N–H and O–H groups in total. The highest BCUT2D eigenvalue weighted by molar-refractivity contribution is 7.12. The molecule has 1 aromatic heterocycles. The average molecular weight is 265 g/mol. The fourth-order valence-corrected chi connectivity index (χ4v) is 4.57.